The van der Waals surface area contributed by atoms with Crippen LogP contribution < -0.4 is 9.64 Å². The first-order valence-electron chi connectivity index (χ1n) is 12.1. The van der Waals surface area contributed by atoms with E-state index in [1.165, 1.54) is 16.4 Å². The van der Waals surface area contributed by atoms with Gasteiger partial charge in [0.25, 0.3) is 5.91 Å². The van der Waals surface area contributed by atoms with Gasteiger partial charge in [0.1, 0.15) is 17.9 Å². The molecule has 2 aliphatic rings. The summed E-state index contributed by atoms with van der Waals surface area (Å²) in [6.07, 6.45) is 1.55. The Morgan fingerprint density at radius 1 is 0.892 bits per heavy atom. The van der Waals surface area contributed by atoms with Crippen LogP contribution in [0.3, 0.4) is 0 Å². The highest BCUT2D eigenvalue weighted by Gasteiger charge is 2.27. The number of rotatable bonds is 6. The van der Waals surface area contributed by atoms with E-state index in [0.717, 1.165) is 22.8 Å². The summed E-state index contributed by atoms with van der Waals surface area (Å²) < 4.78 is 37.6. The Kier molecular flexibility index (Phi) is 7.36. The molecule has 37 heavy (non-hydrogen) atoms. The third-order valence-corrected chi connectivity index (χ3v) is 8.55. The van der Waals surface area contributed by atoms with Crippen LogP contribution in [0.15, 0.2) is 65.8 Å². The molecule has 0 saturated carbocycles. The second-order valence-electron chi connectivity index (χ2n) is 8.81. The summed E-state index contributed by atoms with van der Waals surface area (Å²) in [5, 5.41) is 0. The van der Waals surface area contributed by atoms with Crippen LogP contribution in [0.4, 0.5) is 5.82 Å². The second kappa shape index (κ2) is 10.8. The van der Waals surface area contributed by atoms with Gasteiger partial charge in [0, 0.05) is 56.5 Å². The Morgan fingerprint density at radius 2 is 1.57 bits per heavy atom. The fourth-order valence-electron chi connectivity index (χ4n) is 4.47. The van der Waals surface area contributed by atoms with Gasteiger partial charge in [0.15, 0.2) is 0 Å². The van der Waals surface area contributed by atoms with Crippen molar-refractivity contribution >= 4 is 21.7 Å². The maximum Gasteiger partial charge on any atom is 0.253 e. The van der Waals surface area contributed by atoms with Gasteiger partial charge in [0.2, 0.25) is 10.0 Å². The molecular weight excluding hydrogens is 494 g/mol. The summed E-state index contributed by atoms with van der Waals surface area (Å²) in [5.41, 5.74) is 2.26. The molecule has 2 aliphatic heterocycles. The number of hydrogen-bond donors (Lipinski definition) is 0. The first-order chi connectivity index (χ1) is 18.0. The van der Waals surface area contributed by atoms with E-state index in [0.29, 0.717) is 58.0 Å². The largest absolute Gasteiger partial charge is 0.497 e. The van der Waals surface area contributed by atoms with E-state index in [9.17, 15) is 13.2 Å². The maximum atomic E-state index is 13.1. The van der Waals surface area contributed by atoms with Gasteiger partial charge in [-0.15, -0.1) is 0 Å². The molecule has 2 aromatic carbocycles. The third kappa shape index (κ3) is 5.43. The van der Waals surface area contributed by atoms with E-state index in [4.69, 9.17) is 9.47 Å². The van der Waals surface area contributed by atoms with Gasteiger partial charge in [-0.3, -0.25) is 4.79 Å². The third-order valence-electron chi connectivity index (χ3n) is 6.64. The number of benzene rings is 2. The number of methoxy groups -OCH3 is 1. The van der Waals surface area contributed by atoms with Crippen molar-refractivity contribution in [1.82, 2.24) is 19.2 Å². The lowest BCUT2D eigenvalue weighted by Gasteiger charge is -2.35. The minimum atomic E-state index is -3.59. The average molecular weight is 524 g/mol. The number of amides is 1. The van der Waals surface area contributed by atoms with E-state index in [-0.39, 0.29) is 10.8 Å². The summed E-state index contributed by atoms with van der Waals surface area (Å²) in [4.78, 5) is 26.0. The number of carbonyl (C=O) groups is 1. The molecule has 0 radical (unpaired) electrons. The van der Waals surface area contributed by atoms with Crippen LogP contribution in [0.5, 0.6) is 5.75 Å². The van der Waals surface area contributed by atoms with Crippen LogP contribution in [0.25, 0.3) is 11.3 Å². The molecule has 0 unspecified atom stereocenters. The highest BCUT2D eigenvalue weighted by Crippen LogP contribution is 2.24. The molecule has 10 nitrogen and oxygen atoms in total. The van der Waals surface area contributed by atoms with Crippen molar-refractivity contribution in [3.63, 3.8) is 0 Å². The van der Waals surface area contributed by atoms with Crippen molar-refractivity contribution in [3.8, 4) is 17.0 Å². The minimum Gasteiger partial charge on any atom is -0.497 e. The molecule has 3 heterocycles. The zero-order valence-corrected chi connectivity index (χ0v) is 21.4. The van der Waals surface area contributed by atoms with Crippen molar-refractivity contribution in [2.75, 3.05) is 64.5 Å². The number of sulfonamides is 1. The molecule has 11 heteroatoms. The standard InChI is InChI=1S/C26H29N5O5S/c1-35-22-6-2-20(3-7-22)24-18-25(28-19-27-24)29-10-12-30(13-11-29)26(32)21-4-8-23(9-5-21)37(33,34)31-14-16-36-17-15-31/h2-9,18-19H,10-17H2,1H3. The summed E-state index contributed by atoms with van der Waals surface area (Å²) in [6, 6.07) is 15.9. The first-order valence-corrected chi connectivity index (χ1v) is 13.6. The molecule has 2 saturated heterocycles. The molecule has 0 bridgehead atoms. The second-order valence-corrected chi connectivity index (χ2v) is 10.7. The van der Waals surface area contributed by atoms with Gasteiger partial charge in [-0.2, -0.15) is 4.31 Å². The molecule has 194 valence electrons. The number of carbonyl (C=O) groups excluding carboxylic acids is 1. The lowest BCUT2D eigenvalue weighted by molar-refractivity contribution is 0.0730. The van der Waals surface area contributed by atoms with Crippen molar-refractivity contribution < 1.29 is 22.7 Å². The van der Waals surface area contributed by atoms with E-state index in [2.05, 4.69) is 14.9 Å². The Morgan fingerprint density at radius 3 is 2.22 bits per heavy atom. The number of aromatic nitrogens is 2. The van der Waals surface area contributed by atoms with Gasteiger partial charge >= 0.3 is 0 Å². The number of nitrogens with zero attached hydrogens (tertiary/aromatic N) is 5. The maximum absolute atomic E-state index is 13.1. The predicted molar refractivity (Wildman–Crippen MR) is 138 cm³/mol. The van der Waals surface area contributed by atoms with Crippen LogP contribution in [0.2, 0.25) is 0 Å². The first kappa shape index (κ1) is 25.1. The molecule has 0 N–H and O–H groups in total. The molecule has 3 aromatic rings. The van der Waals surface area contributed by atoms with Crippen LogP contribution in [0, 0.1) is 0 Å². The summed E-state index contributed by atoms with van der Waals surface area (Å²) in [6.45, 7) is 3.78. The molecule has 5 rings (SSSR count). The fourth-order valence-corrected chi connectivity index (χ4v) is 5.87. The quantitative estimate of drug-likeness (QED) is 0.484. The number of ether oxygens (including phenoxy) is 2. The van der Waals surface area contributed by atoms with E-state index in [1.54, 1.807) is 30.5 Å². The Hall–Kier alpha value is -3.54. The van der Waals surface area contributed by atoms with Crippen molar-refractivity contribution in [2.45, 2.75) is 4.90 Å². The SMILES string of the molecule is COc1ccc(-c2cc(N3CCN(C(=O)c4ccc(S(=O)(=O)N5CCOCC5)cc4)CC3)ncn2)cc1. The molecule has 1 amide bonds. The van der Waals surface area contributed by atoms with Crippen LogP contribution >= 0.6 is 0 Å². The Balaban J connectivity index is 1.21. The Labute approximate surface area is 216 Å². The lowest BCUT2D eigenvalue weighted by Crippen LogP contribution is -2.49. The highest BCUT2D eigenvalue weighted by molar-refractivity contribution is 7.89. The fraction of sp³-hybridized carbons (Fsp3) is 0.346. The number of morpholine rings is 1. The van der Waals surface area contributed by atoms with Gasteiger partial charge in [-0.1, -0.05) is 0 Å². The predicted octanol–water partition coefficient (Wildman–Crippen LogP) is 2.14. The number of hydrogen-bond acceptors (Lipinski definition) is 8. The van der Waals surface area contributed by atoms with E-state index in [1.807, 2.05) is 30.3 Å². The van der Waals surface area contributed by atoms with Gasteiger partial charge in [0.05, 0.1) is 30.9 Å². The molecule has 0 atom stereocenters. The van der Waals surface area contributed by atoms with Crippen LogP contribution in [-0.4, -0.2) is 93.1 Å². The zero-order valence-electron chi connectivity index (χ0n) is 20.6. The normalized spacial score (nSPS) is 17.0. The highest BCUT2D eigenvalue weighted by atomic mass is 32.2. The summed E-state index contributed by atoms with van der Waals surface area (Å²) >= 11 is 0. The molecular formula is C26H29N5O5S. The topological polar surface area (TPSA) is 105 Å². The molecule has 0 spiro atoms. The van der Waals surface area contributed by atoms with Crippen molar-refractivity contribution in [3.05, 3.63) is 66.5 Å². The monoisotopic (exact) mass is 523 g/mol. The van der Waals surface area contributed by atoms with Crippen molar-refractivity contribution in [2.24, 2.45) is 0 Å². The molecule has 0 aliphatic carbocycles. The minimum absolute atomic E-state index is 0.114. The number of piperazine rings is 1. The lowest BCUT2D eigenvalue weighted by atomic mass is 10.1. The average Bonchev–Trinajstić information content (AvgIpc) is 2.97. The summed E-state index contributed by atoms with van der Waals surface area (Å²) in [5.74, 6) is 1.48. The van der Waals surface area contributed by atoms with Crippen LogP contribution in [-0.2, 0) is 14.8 Å². The van der Waals surface area contributed by atoms with E-state index >= 15 is 0 Å². The van der Waals surface area contributed by atoms with Gasteiger partial charge in [-0.25, -0.2) is 18.4 Å². The number of anilines is 1. The van der Waals surface area contributed by atoms with Gasteiger partial charge < -0.3 is 19.3 Å². The molecule has 2 fully saturated rings. The molecule has 1 aromatic heterocycles. The zero-order chi connectivity index (χ0) is 25.8. The van der Waals surface area contributed by atoms with Crippen molar-refractivity contribution in [1.29, 1.82) is 0 Å². The smallest absolute Gasteiger partial charge is 0.253 e. The van der Waals surface area contributed by atoms with E-state index < -0.39 is 10.0 Å². The van der Waals surface area contributed by atoms with Gasteiger partial charge in [-0.05, 0) is 48.5 Å². The Bertz CT molecular complexity index is 1330. The summed E-state index contributed by atoms with van der Waals surface area (Å²) in [7, 11) is -1.96. The van der Waals surface area contributed by atoms with Crippen LogP contribution in [0.1, 0.15) is 10.4 Å².